The van der Waals surface area contributed by atoms with Crippen molar-refractivity contribution in [2.45, 2.75) is 27.2 Å². The average Bonchev–Trinajstić information content (AvgIpc) is 2.15. The fourth-order valence-electron chi connectivity index (χ4n) is 0.888. The highest BCUT2D eigenvalue weighted by Crippen LogP contribution is 1.98. The molecule has 0 aliphatic heterocycles. The van der Waals surface area contributed by atoms with Crippen LogP contribution in [0.3, 0.4) is 0 Å². The fraction of sp³-hybridized carbons (Fsp3) is 0.900. The first-order valence-corrected chi connectivity index (χ1v) is 5.08. The molecular formula is C10H22N2O. The van der Waals surface area contributed by atoms with E-state index >= 15 is 0 Å². The molecule has 0 saturated carbocycles. The summed E-state index contributed by atoms with van der Waals surface area (Å²) in [7, 11) is 2.05. The van der Waals surface area contributed by atoms with Crippen molar-refractivity contribution in [2.75, 3.05) is 26.7 Å². The van der Waals surface area contributed by atoms with Gasteiger partial charge in [-0.1, -0.05) is 20.8 Å². The van der Waals surface area contributed by atoms with Gasteiger partial charge < -0.3 is 10.2 Å². The third-order valence-corrected chi connectivity index (χ3v) is 2.39. The van der Waals surface area contributed by atoms with Crippen LogP contribution in [0.15, 0.2) is 0 Å². The van der Waals surface area contributed by atoms with Gasteiger partial charge >= 0.3 is 0 Å². The summed E-state index contributed by atoms with van der Waals surface area (Å²) < 4.78 is 0. The van der Waals surface area contributed by atoms with E-state index in [2.05, 4.69) is 24.2 Å². The molecule has 0 radical (unpaired) electrons. The van der Waals surface area contributed by atoms with Crippen molar-refractivity contribution in [1.82, 2.24) is 10.2 Å². The summed E-state index contributed by atoms with van der Waals surface area (Å²) in [5.41, 5.74) is 0. The molecule has 0 rings (SSSR count). The molecular weight excluding hydrogens is 164 g/mol. The zero-order chi connectivity index (χ0) is 10.3. The maximum atomic E-state index is 11.3. The van der Waals surface area contributed by atoms with Gasteiger partial charge in [-0.25, -0.2) is 0 Å². The van der Waals surface area contributed by atoms with Crippen LogP contribution in [0.5, 0.6) is 0 Å². The van der Waals surface area contributed by atoms with Crippen LogP contribution >= 0.6 is 0 Å². The molecule has 0 aromatic carbocycles. The molecule has 1 N–H and O–H groups in total. The lowest BCUT2D eigenvalue weighted by molar-refractivity contribution is -0.124. The van der Waals surface area contributed by atoms with Crippen LogP contribution in [0.2, 0.25) is 0 Å². The second-order valence-corrected chi connectivity index (χ2v) is 3.50. The van der Waals surface area contributed by atoms with E-state index in [1.165, 1.54) is 0 Å². The van der Waals surface area contributed by atoms with Gasteiger partial charge in [-0.05, 0) is 20.0 Å². The summed E-state index contributed by atoms with van der Waals surface area (Å²) in [6.45, 7) is 8.81. The zero-order valence-electron chi connectivity index (χ0n) is 9.26. The number of rotatable bonds is 6. The van der Waals surface area contributed by atoms with Crippen molar-refractivity contribution in [1.29, 1.82) is 0 Å². The van der Waals surface area contributed by atoms with Crippen molar-refractivity contribution in [3.8, 4) is 0 Å². The third-order valence-electron chi connectivity index (χ3n) is 2.39. The highest BCUT2D eigenvalue weighted by Gasteiger charge is 2.08. The quantitative estimate of drug-likeness (QED) is 0.673. The smallest absolute Gasteiger partial charge is 0.222 e. The number of carbonyl (C=O) groups is 1. The second-order valence-electron chi connectivity index (χ2n) is 3.50. The molecule has 3 heteroatoms. The third kappa shape index (κ3) is 5.64. The number of nitrogens with one attached hydrogen (secondary N) is 1. The Kier molecular flexibility index (Phi) is 6.59. The monoisotopic (exact) mass is 186 g/mol. The Hall–Kier alpha value is -0.570. The highest BCUT2D eigenvalue weighted by molar-refractivity contribution is 5.78. The first kappa shape index (κ1) is 12.4. The molecule has 1 unspecified atom stereocenters. The molecule has 0 spiro atoms. The summed E-state index contributed by atoms with van der Waals surface area (Å²) >= 11 is 0. The van der Waals surface area contributed by atoms with E-state index in [1.807, 2.05) is 13.8 Å². The molecule has 0 aromatic heterocycles. The minimum atomic E-state index is 0.145. The predicted octanol–water partition coefficient (Wildman–Crippen LogP) is 1.10. The number of carbonyl (C=O) groups excluding carboxylic acids is 1. The molecule has 0 saturated heterocycles. The molecule has 1 atom stereocenters. The Balaban J connectivity index is 3.47. The molecule has 0 aliphatic rings. The molecule has 0 heterocycles. The van der Waals surface area contributed by atoms with E-state index in [1.54, 1.807) is 0 Å². The Labute approximate surface area is 81.5 Å². The van der Waals surface area contributed by atoms with Crippen LogP contribution in [0.4, 0.5) is 0 Å². The Bertz CT molecular complexity index is 148. The van der Waals surface area contributed by atoms with Gasteiger partial charge in [0.1, 0.15) is 0 Å². The lowest BCUT2D eigenvalue weighted by atomic mass is 10.1. The van der Waals surface area contributed by atoms with Crippen LogP contribution in [0.25, 0.3) is 0 Å². The fourth-order valence-corrected chi connectivity index (χ4v) is 0.888. The number of nitrogens with zero attached hydrogens (tertiary/aromatic N) is 1. The van der Waals surface area contributed by atoms with Gasteiger partial charge in [0.2, 0.25) is 5.91 Å². The number of hydrogen-bond donors (Lipinski definition) is 1. The summed E-state index contributed by atoms with van der Waals surface area (Å²) in [5, 5.41) is 2.92. The van der Waals surface area contributed by atoms with E-state index < -0.39 is 0 Å². The minimum Gasteiger partial charge on any atom is -0.355 e. The Morgan fingerprint density at radius 2 is 2.08 bits per heavy atom. The molecule has 1 amide bonds. The SMILES string of the molecule is CCC(C)C(=O)NCCN(C)CC. The van der Waals surface area contributed by atoms with E-state index in [0.717, 1.165) is 26.1 Å². The second kappa shape index (κ2) is 6.89. The van der Waals surface area contributed by atoms with Crippen LogP contribution in [-0.2, 0) is 4.79 Å². The lowest BCUT2D eigenvalue weighted by Crippen LogP contribution is -2.35. The van der Waals surface area contributed by atoms with E-state index in [9.17, 15) is 4.79 Å². The minimum absolute atomic E-state index is 0.145. The Morgan fingerprint density at radius 3 is 2.54 bits per heavy atom. The van der Waals surface area contributed by atoms with Crippen LogP contribution in [0.1, 0.15) is 27.2 Å². The van der Waals surface area contributed by atoms with Crippen molar-refractivity contribution in [3.63, 3.8) is 0 Å². The van der Waals surface area contributed by atoms with Gasteiger partial charge in [-0.15, -0.1) is 0 Å². The van der Waals surface area contributed by atoms with Crippen molar-refractivity contribution >= 4 is 5.91 Å². The maximum Gasteiger partial charge on any atom is 0.222 e. The number of hydrogen-bond acceptors (Lipinski definition) is 2. The molecule has 0 aromatic rings. The standard InChI is InChI=1S/C10H22N2O/c1-5-9(3)10(13)11-7-8-12(4)6-2/h9H,5-8H2,1-4H3,(H,11,13). The summed E-state index contributed by atoms with van der Waals surface area (Å²) in [4.78, 5) is 13.5. The predicted molar refractivity (Wildman–Crippen MR) is 55.6 cm³/mol. The van der Waals surface area contributed by atoms with Crippen LogP contribution < -0.4 is 5.32 Å². The van der Waals surface area contributed by atoms with Crippen molar-refractivity contribution in [2.24, 2.45) is 5.92 Å². The van der Waals surface area contributed by atoms with Gasteiger partial charge in [-0.2, -0.15) is 0 Å². The van der Waals surface area contributed by atoms with Crippen LogP contribution in [-0.4, -0.2) is 37.5 Å². The largest absolute Gasteiger partial charge is 0.355 e. The average molecular weight is 186 g/mol. The van der Waals surface area contributed by atoms with Crippen molar-refractivity contribution in [3.05, 3.63) is 0 Å². The Morgan fingerprint density at radius 1 is 1.46 bits per heavy atom. The summed E-state index contributed by atoms with van der Waals surface area (Å²) in [5.74, 6) is 0.318. The van der Waals surface area contributed by atoms with E-state index in [-0.39, 0.29) is 11.8 Å². The number of amides is 1. The first-order valence-electron chi connectivity index (χ1n) is 5.08. The van der Waals surface area contributed by atoms with E-state index in [4.69, 9.17) is 0 Å². The lowest BCUT2D eigenvalue weighted by Gasteiger charge is -2.15. The van der Waals surface area contributed by atoms with Gasteiger partial charge in [0.05, 0.1) is 0 Å². The molecule has 3 nitrogen and oxygen atoms in total. The van der Waals surface area contributed by atoms with E-state index in [0.29, 0.717) is 0 Å². The van der Waals surface area contributed by atoms with Gasteiger partial charge in [0, 0.05) is 19.0 Å². The first-order chi connectivity index (χ1) is 6.11. The zero-order valence-corrected chi connectivity index (χ0v) is 9.26. The molecule has 0 fully saturated rings. The topological polar surface area (TPSA) is 32.3 Å². The van der Waals surface area contributed by atoms with Crippen LogP contribution in [0, 0.1) is 5.92 Å². The van der Waals surface area contributed by atoms with Gasteiger partial charge in [0.25, 0.3) is 0 Å². The molecule has 13 heavy (non-hydrogen) atoms. The van der Waals surface area contributed by atoms with Crippen molar-refractivity contribution < 1.29 is 4.79 Å². The molecule has 0 bridgehead atoms. The normalized spacial score (nSPS) is 13.0. The summed E-state index contributed by atoms with van der Waals surface area (Å²) in [6, 6.07) is 0. The number of likely N-dealkylation sites (N-methyl/N-ethyl adjacent to an activating group) is 1. The molecule has 0 aliphatic carbocycles. The summed E-state index contributed by atoms with van der Waals surface area (Å²) in [6.07, 6.45) is 0.912. The van der Waals surface area contributed by atoms with Gasteiger partial charge in [0.15, 0.2) is 0 Å². The maximum absolute atomic E-state index is 11.3. The molecule has 78 valence electrons. The highest BCUT2D eigenvalue weighted by atomic mass is 16.1. The van der Waals surface area contributed by atoms with Gasteiger partial charge in [-0.3, -0.25) is 4.79 Å².